The molecule has 0 aromatic heterocycles. The third-order valence-corrected chi connectivity index (χ3v) is 9.65. The first-order valence-corrected chi connectivity index (χ1v) is 16.4. The summed E-state index contributed by atoms with van der Waals surface area (Å²) in [6.45, 7) is 4.20. The molecular formula is C39H45F3O. The predicted octanol–water partition coefficient (Wildman–Crippen LogP) is 12.3. The fourth-order valence-electron chi connectivity index (χ4n) is 7.02. The van der Waals surface area contributed by atoms with E-state index in [9.17, 15) is 8.78 Å². The van der Waals surface area contributed by atoms with E-state index in [2.05, 4.69) is 13.0 Å². The molecule has 1 saturated carbocycles. The van der Waals surface area contributed by atoms with Crippen molar-refractivity contribution in [3.63, 3.8) is 0 Å². The first kappa shape index (κ1) is 31.2. The van der Waals surface area contributed by atoms with Crippen molar-refractivity contribution in [2.24, 2.45) is 17.8 Å². The van der Waals surface area contributed by atoms with Crippen LogP contribution in [0.2, 0.25) is 0 Å². The Kier molecular flexibility index (Phi) is 10.8. The fraction of sp³-hybridized carbons (Fsp3) is 0.436. The summed E-state index contributed by atoms with van der Waals surface area (Å²) in [5.41, 5.74) is 4.05. The van der Waals surface area contributed by atoms with Crippen molar-refractivity contribution in [2.75, 3.05) is 0 Å². The summed E-state index contributed by atoms with van der Waals surface area (Å²) in [5, 5.41) is 0. The minimum atomic E-state index is -1.03. The number of allylic oxidation sites excluding steroid dienone is 3. The van der Waals surface area contributed by atoms with Gasteiger partial charge < -0.3 is 4.74 Å². The first-order valence-electron chi connectivity index (χ1n) is 16.4. The highest BCUT2D eigenvalue weighted by Gasteiger charge is 2.28. The first-order chi connectivity index (χ1) is 21.0. The lowest BCUT2D eigenvalue weighted by Crippen LogP contribution is -2.23. The van der Waals surface area contributed by atoms with E-state index in [1.54, 1.807) is 36.4 Å². The van der Waals surface area contributed by atoms with Gasteiger partial charge in [0.15, 0.2) is 11.6 Å². The van der Waals surface area contributed by atoms with Crippen LogP contribution in [-0.2, 0) is 0 Å². The van der Waals surface area contributed by atoms with E-state index in [1.165, 1.54) is 81.8 Å². The Morgan fingerprint density at radius 1 is 0.744 bits per heavy atom. The topological polar surface area (TPSA) is 9.23 Å². The van der Waals surface area contributed by atoms with Gasteiger partial charge in [0.25, 0.3) is 0 Å². The van der Waals surface area contributed by atoms with Crippen molar-refractivity contribution < 1.29 is 17.9 Å². The maximum Gasteiger partial charge on any atom is 0.201 e. The summed E-state index contributed by atoms with van der Waals surface area (Å²) in [6.07, 6.45) is 20.5. The van der Waals surface area contributed by atoms with Gasteiger partial charge in [-0.05, 0) is 103 Å². The Hall–Kier alpha value is -3.27. The van der Waals surface area contributed by atoms with Gasteiger partial charge in [-0.2, -0.15) is 4.39 Å². The number of halogens is 3. The lowest BCUT2D eigenvalue weighted by molar-refractivity contribution is 0.187. The molecule has 2 aliphatic rings. The number of unbranched alkanes of at least 4 members (excludes halogenated alkanes) is 2. The monoisotopic (exact) mass is 586 g/mol. The van der Waals surface area contributed by atoms with Gasteiger partial charge in [0.05, 0.1) is 6.26 Å². The minimum Gasteiger partial charge on any atom is -0.462 e. The molecule has 0 aliphatic heterocycles. The van der Waals surface area contributed by atoms with Crippen molar-refractivity contribution in [3.05, 3.63) is 96.0 Å². The van der Waals surface area contributed by atoms with Crippen LogP contribution >= 0.6 is 0 Å². The van der Waals surface area contributed by atoms with Gasteiger partial charge in [0.2, 0.25) is 5.82 Å². The van der Waals surface area contributed by atoms with E-state index >= 15 is 4.39 Å². The lowest BCUT2D eigenvalue weighted by Gasteiger charge is -2.35. The second-order valence-corrected chi connectivity index (χ2v) is 12.4. The Labute approximate surface area is 255 Å². The third kappa shape index (κ3) is 7.63. The summed E-state index contributed by atoms with van der Waals surface area (Å²) in [4.78, 5) is 0. The zero-order valence-corrected chi connectivity index (χ0v) is 25.7. The van der Waals surface area contributed by atoms with Gasteiger partial charge in [0, 0.05) is 11.1 Å². The molecule has 1 unspecified atom stereocenters. The van der Waals surface area contributed by atoms with E-state index in [0.29, 0.717) is 16.7 Å². The largest absolute Gasteiger partial charge is 0.462 e. The molecule has 0 saturated heterocycles. The van der Waals surface area contributed by atoms with Gasteiger partial charge in [0.1, 0.15) is 5.82 Å². The highest BCUT2D eigenvalue weighted by atomic mass is 19.2. The normalized spacial score (nSPS) is 20.8. The van der Waals surface area contributed by atoms with Gasteiger partial charge in [-0.1, -0.05) is 94.8 Å². The Balaban J connectivity index is 1.20. The molecule has 0 amide bonds. The van der Waals surface area contributed by atoms with Crippen LogP contribution in [-0.4, -0.2) is 0 Å². The molecule has 0 radical (unpaired) electrons. The maximum absolute atomic E-state index is 15.4. The summed E-state index contributed by atoms with van der Waals surface area (Å²) in [7, 11) is 0. The Morgan fingerprint density at radius 3 is 2.09 bits per heavy atom. The Bertz CT molecular complexity index is 1410. The number of ether oxygens (including phenoxy) is 1. The van der Waals surface area contributed by atoms with E-state index in [0.717, 1.165) is 42.6 Å². The molecule has 2 aliphatic carbocycles. The molecule has 228 valence electrons. The molecule has 4 heteroatoms. The van der Waals surface area contributed by atoms with Crippen LogP contribution < -0.4 is 4.74 Å². The van der Waals surface area contributed by atoms with E-state index in [1.807, 2.05) is 19.1 Å². The van der Waals surface area contributed by atoms with Crippen molar-refractivity contribution in [1.82, 2.24) is 0 Å². The fourth-order valence-corrected chi connectivity index (χ4v) is 7.02. The van der Waals surface area contributed by atoms with Crippen LogP contribution in [0.15, 0.2) is 73.0 Å². The van der Waals surface area contributed by atoms with Crippen molar-refractivity contribution in [2.45, 2.75) is 90.9 Å². The minimum absolute atomic E-state index is 0.134. The van der Waals surface area contributed by atoms with Crippen LogP contribution in [0.25, 0.3) is 27.8 Å². The van der Waals surface area contributed by atoms with Crippen molar-refractivity contribution in [1.29, 1.82) is 0 Å². The van der Waals surface area contributed by atoms with Crippen LogP contribution in [0, 0.1) is 35.2 Å². The average molecular weight is 587 g/mol. The molecule has 3 aromatic rings. The van der Waals surface area contributed by atoms with Gasteiger partial charge in [-0.25, -0.2) is 8.78 Å². The molecular weight excluding hydrogens is 541 g/mol. The van der Waals surface area contributed by atoms with Gasteiger partial charge >= 0.3 is 0 Å². The average Bonchev–Trinajstić information content (AvgIpc) is 3.04. The number of hydrogen-bond acceptors (Lipinski definition) is 1. The van der Waals surface area contributed by atoms with E-state index in [-0.39, 0.29) is 17.1 Å². The molecule has 1 nitrogen and oxygen atoms in total. The molecule has 0 heterocycles. The second kappa shape index (κ2) is 14.9. The SMILES string of the molecule is CC/C=C\Oc1ccc(-c2ccc(-c3ccc(C4=CCC(C5CCC(CCCCC)CC5)CC4)cc3F)cc2)c(F)c1F. The number of benzene rings is 3. The molecule has 1 atom stereocenters. The molecule has 1 fully saturated rings. The molecule has 0 bridgehead atoms. The second-order valence-electron chi connectivity index (χ2n) is 12.4. The Morgan fingerprint density at radius 2 is 1.44 bits per heavy atom. The smallest absolute Gasteiger partial charge is 0.201 e. The predicted molar refractivity (Wildman–Crippen MR) is 172 cm³/mol. The van der Waals surface area contributed by atoms with Crippen molar-refractivity contribution >= 4 is 5.57 Å². The van der Waals surface area contributed by atoms with Crippen LogP contribution in [0.4, 0.5) is 13.2 Å². The molecule has 3 aromatic carbocycles. The highest BCUT2D eigenvalue weighted by molar-refractivity contribution is 5.74. The van der Waals surface area contributed by atoms with Gasteiger partial charge in [-0.15, -0.1) is 0 Å². The van der Waals surface area contributed by atoms with Crippen molar-refractivity contribution in [3.8, 4) is 28.0 Å². The molecule has 0 spiro atoms. The standard InChI is InChI=1S/C39H45F3O/c1-3-5-7-8-27-9-11-28(12-10-27)29-13-15-30(16-14-29)33-21-22-34(36(40)26-33)31-17-19-32(20-18-31)35-23-24-37(39(42)38(35)41)43-25-6-4-2/h6,15,17-29H,3-5,7-14,16H2,1-2H3/b25-6-. The third-order valence-electron chi connectivity index (χ3n) is 9.65. The summed E-state index contributed by atoms with van der Waals surface area (Å²) in [6, 6.07) is 15.3. The quantitative estimate of drug-likeness (QED) is 0.160. The lowest BCUT2D eigenvalue weighted by atomic mass is 9.70. The molecule has 5 rings (SSSR count). The van der Waals surface area contributed by atoms with Crippen LogP contribution in [0.1, 0.15) is 96.5 Å². The van der Waals surface area contributed by atoms with Gasteiger partial charge in [-0.3, -0.25) is 0 Å². The molecule has 43 heavy (non-hydrogen) atoms. The zero-order valence-electron chi connectivity index (χ0n) is 25.7. The zero-order chi connectivity index (χ0) is 30.2. The maximum atomic E-state index is 15.4. The highest BCUT2D eigenvalue weighted by Crippen LogP contribution is 2.42. The van der Waals surface area contributed by atoms with E-state index < -0.39 is 11.6 Å². The van der Waals surface area contributed by atoms with Crippen LogP contribution in [0.5, 0.6) is 5.75 Å². The van der Waals surface area contributed by atoms with Crippen LogP contribution in [0.3, 0.4) is 0 Å². The molecule has 0 N–H and O–H groups in total. The number of rotatable bonds is 11. The van der Waals surface area contributed by atoms with E-state index in [4.69, 9.17) is 4.74 Å². The summed E-state index contributed by atoms with van der Waals surface area (Å²) >= 11 is 0. The summed E-state index contributed by atoms with van der Waals surface area (Å²) in [5.74, 6) is 0.131. The summed E-state index contributed by atoms with van der Waals surface area (Å²) < 4.78 is 49.9. The number of hydrogen-bond donors (Lipinski definition) is 0.